The summed E-state index contributed by atoms with van der Waals surface area (Å²) in [4.78, 5) is 11.2. The first-order valence-corrected chi connectivity index (χ1v) is 7.67. The first-order chi connectivity index (χ1) is 9.23. The van der Waals surface area contributed by atoms with E-state index >= 15 is 0 Å². The normalized spacial score (nSPS) is 23.9. The Bertz CT molecular complexity index is 640. The van der Waals surface area contributed by atoms with E-state index in [1.54, 1.807) is 19.1 Å². The maximum Gasteiger partial charge on any atom is 0.322 e. The van der Waals surface area contributed by atoms with Crippen LogP contribution in [0.2, 0.25) is 0 Å². The average molecular weight is 299 g/mol. The lowest BCUT2D eigenvalue weighted by Gasteiger charge is -2.21. The fraction of sp³-hybridized carbons (Fsp3) is 0.462. The summed E-state index contributed by atoms with van der Waals surface area (Å²) in [7, 11) is -3.92. The summed E-state index contributed by atoms with van der Waals surface area (Å²) in [6, 6.07) is 3.66. The molecule has 1 saturated heterocycles. The van der Waals surface area contributed by atoms with Gasteiger partial charge in [-0.2, -0.15) is 4.31 Å². The van der Waals surface area contributed by atoms with Crippen molar-refractivity contribution in [2.24, 2.45) is 0 Å². The third kappa shape index (κ3) is 2.56. The maximum absolute atomic E-state index is 12.6. The Morgan fingerprint density at radius 3 is 2.55 bits per heavy atom. The third-order valence-electron chi connectivity index (χ3n) is 3.44. The highest BCUT2D eigenvalue weighted by Gasteiger charge is 2.43. The van der Waals surface area contributed by atoms with Crippen LogP contribution in [-0.2, 0) is 14.8 Å². The second-order valence-electron chi connectivity index (χ2n) is 5.09. The predicted octanol–water partition coefficient (Wildman–Crippen LogP) is 0.512. The molecule has 0 spiro atoms. The van der Waals surface area contributed by atoms with Gasteiger partial charge in [0.2, 0.25) is 10.0 Å². The molecule has 0 radical (unpaired) electrons. The number of benzene rings is 1. The van der Waals surface area contributed by atoms with Crippen molar-refractivity contribution < 1.29 is 23.4 Å². The number of aliphatic hydroxyl groups excluding tert-OH is 1. The molecule has 0 bridgehead atoms. The van der Waals surface area contributed by atoms with Crippen molar-refractivity contribution >= 4 is 16.0 Å². The zero-order chi connectivity index (χ0) is 15.1. The van der Waals surface area contributed by atoms with E-state index in [0.29, 0.717) is 5.56 Å². The number of nitrogens with zero attached hydrogens (tertiary/aromatic N) is 1. The third-order valence-corrected chi connectivity index (χ3v) is 5.47. The lowest BCUT2D eigenvalue weighted by Crippen LogP contribution is -2.40. The molecule has 1 aromatic rings. The molecule has 2 atom stereocenters. The van der Waals surface area contributed by atoms with E-state index < -0.39 is 28.1 Å². The summed E-state index contributed by atoms with van der Waals surface area (Å²) in [6.07, 6.45) is -1.03. The Labute approximate surface area is 117 Å². The van der Waals surface area contributed by atoms with E-state index in [1.165, 1.54) is 6.07 Å². The van der Waals surface area contributed by atoms with Crippen molar-refractivity contribution in [2.45, 2.75) is 37.3 Å². The molecule has 0 aromatic heterocycles. The largest absolute Gasteiger partial charge is 0.480 e. The zero-order valence-electron chi connectivity index (χ0n) is 11.3. The number of rotatable bonds is 3. The van der Waals surface area contributed by atoms with Crippen LogP contribution in [0, 0.1) is 13.8 Å². The zero-order valence-corrected chi connectivity index (χ0v) is 12.1. The summed E-state index contributed by atoms with van der Waals surface area (Å²) >= 11 is 0. The smallest absolute Gasteiger partial charge is 0.322 e. The van der Waals surface area contributed by atoms with E-state index in [0.717, 1.165) is 9.87 Å². The van der Waals surface area contributed by atoms with Crippen molar-refractivity contribution in [1.82, 2.24) is 4.31 Å². The van der Waals surface area contributed by atoms with Gasteiger partial charge in [0.25, 0.3) is 0 Å². The summed E-state index contributed by atoms with van der Waals surface area (Å²) < 4.78 is 26.0. The van der Waals surface area contributed by atoms with Gasteiger partial charge in [-0.1, -0.05) is 17.7 Å². The predicted molar refractivity (Wildman–Crippen MR) is 71.9 cm³/mol. The average Bonchev–Trinajstić information content (AvgIpc) is 2.71. The monoisotopic (exact) mass is 299 g/mol. The van der Waals surface area contributed by atoms with Gasteiger partial charge in [0.15, 0.2) is 0 Å². The second-order valence-corrected chi connectivity index (χ2v) is 6.95. The highest BCUT2D eigenvalue weighted by atomic mass is 32.2. The molecule has 1 fully saturated rings. The molecular formula is C13H17NO5S. The van der Waals surface area contributed by atoms with Gasteiger partial charge in [-0.05, 0) is 25.5 Å². The van der Waals surface area contributed by atoms with E-state index in [4.69, 9.17) is 5.11 Å². The summed E-state index contributed by atoms with van der Waals surface area (Å²) in [5.74, 6) is -1.24. The lowest BCUT2D eigenvalue weighted by molar-refractivity contribution is -0.140. The van der Waals surface area contributed by atoms with E-state index in [-0.39, 0.29) is 17.9 Å². The highest BCUT2D eigenvalue weighted by Crippen LogP contribution is 2.28. The minimum atomic E-state index is -3.92. The standard InChI is InChI=1S/C13H17NO5S/c1-8-3-4-12(9(2)5-8)20(18,19)14-7-10(15)6-11(14)13(16)17/h3-5,10-11,15H,6-7H2,1-2H3,(H,16,17). The Balaban J connectivity index is 2.46. The lowest BCUT2D eigenvalue weighted by atomic mass is 10.2. The summed E-state index contributed by atoms with van der Waals surface area (Å²) in [5, 5.41) is 18.7. The van der Waals surface area contributed by atoms with Crippen LogP contribution in [0.5, 0.6) is 0 Å². The molecule has 1 aliphatic rings. The van der Waals surface area contributed by atoms with Crippen LogP contribution in [0.3, 0.4) is 0 Å². The quantitative estimate of drug-likeness (QED) is 0.848. The Morgan fingerprint density at radius 1 is 1.35 bits per heavy atom. The molecule has 110 valence electrons. The van der Waals surface area contributed by atoms with Crippen LogP contribution in [0.4, 0.5) is 0 Å². The fourth-order valence-corrected chi connectivity index (χ4v) is 4.33. The number of aliphatic carboxylic acids is 1. The minimum Gasteiger partial charge on any atom is -0.480 e. The molecule has 2 rings (SSSR count). The van der Waals surface area contributed by atoms with Crippen LogP contribution in [0.25, 0.3) is 0 Å². The molecule has 0 aliphatic carbocycles. The molecule has 1 aliphatic heterocycles. The fourth-order valence-electron chi connectivity index (χ4n) is 2.49. The number of carboxylic acids is 1. The molecule has 0 amide bonds. The van der Waals surface area contributed by atoms with Gasteiger partial charge in [0, 0.05) is 13.0 Å². The van der Waals surface area contributed by atoms with Crippen molar-refractivity contribution in [3.05, 3.63) is 29.3 Å². The summed E-state index contributed by atoms with van der Waals surface area (Å²) in [6.45, 7) is 3.33. The minimum absolute atomic E-state index is 0.0839. The number of carbonyl (C=O) groups is 1. The number of hydrogen-bond acceptors (Lipinski definition) is 4. The molecule has 1 aromatic carbocycles. The Kier molecular flexibility index (Phi) is 3.86. The van der Waals surface area contributed by atoms with Gasteiger partial charge in [-0.3, -0.25) is 4.79 Å². The number of β-amino-alcohol motifs (C(OH)–C–C–N with tert-alkyl or cyclic N) is 1. The second kappa shape index (κ2) is 5.16. The Hall–Kier alpha value is -1.44. The SMILES string of the molecule is Cc1ccc(S(=O)(=O)N2CC(O)CC2C(=O)O)c(C)c1. The van der Waals surface area contributed by atoms with Crippen LogP contribution in [-0.4, -0.2) is 47.6 Å². The molecule has 20 heavy (non-hydrogen) atoms. The molecule has 7 heteroatoms. The number of hydrogen-bond donors (Lipinski definition) is 2. The van der Waals surface area contributed by atoms with Gasteiger partial charge in [0.1, 0.15) is 6.04 Å². The van der Waals surface area contributed by atoms with Crippen LogP contribution < -0.4 is 0 Å². The number of aliphatic hydroxyl groups is 1. The number of aryl methyl sites for hydroxylation is 2. The van der Waals surface area contributed by atoms with Gasteiger partial charge < -0.3 is 10.2 Å². The molecular weight excluding hydrogens is 282 g/mol. The molecule has 2 unspecified atom stereocenters. The van der Waals surface area contributed by atoms with Gasteiger partial charge in [0.05, 0.1) is 11.0 Å². The molecule has 0 saturated carbocycles. The van der Waals surface area contributed by atoms with Crippen LogP contribution in [0.15, 0.2) is 23.1 Å². The topological polar surface area (TPSA) is 94.9 Å². The van der Waals surface area contributed by atoms with Crippen molar-refractivity contribution in [1.29, 1.82) is 0 Å². The van der Waals surface area contributed by atoms with Crippen LogP contribution >= 0.6 is 0 Å². The van der Waals surface area contributed by atoms with Crippen molar-refractivity contribution in [3.63, 3.8) is 0 Å². The number of carboxylic acid groups (broad SMARTS) is 1. The van der Waals surface area contributed by atoms with Crippen LogP contribution in [0.1, 0.15) is 17.5 Å². The molecule has 6 nitrogen and oxygen atoms in total. The first-order valence-electron chi connectivity index (χ1n) is 6.23. The van der Waals surface area contributed by atoms with Gasteiger partial charge in [-0.25, -0.2) is 8.42 Å². The van der Waals surface area contributed by atoms with Crippen molar-refractivity contribution in [2.75, 3.05) is 6.54 Å². The van der Waals surface area contributed by atoms with Gasteiger partial charge in [-0.15, -0.1) is 0 Å². The number of sulfonamides is 1. The highest BCUT2D eigenvalue weighted by molar-refractivity contribution is 7.89. The summed E-state index contributed by atoms with van der Waals surface area (Å²) in [5.41, 5.74) is 1.49. The Morgan fingerprint density at radius 2 is 2.00 bits per heavy atom. The van der Waals surface area contributed by atoms with Gasteiger partial charge >= 0.3 is 5.97 Å². The van der Waals surface area contributed by atoms with E-state index in [9.17, 15) is 18.3 Å². The molecule has 2 N–H and O–H groups in total. The molecule has 1 heterocycles. The van der Waals surface area contributed by atoms with Crippen molar-refractivity contribution in [3.8, 4) is 0 Å². The van der Waals surface area contributed by atoms with E-state index in [1.807, 2.05) is 6.92 Å². The first kappa shape index (κ1) is 15.0. The maximum atomic E-state index is 12.6. The van der Waals surface area contributed by atoms with E-state index in [2.05, 4.69) is 0 Å².